The standard InChI is InChI=1S/C18H14Cl2N4O2/c1-26-15-4-2-13(3-5-15)23-17-9-16(21-10-22-17)18(25)24-14-7-11(19)6-12(20)8-14/h2-10H,1H3,(H,24,25)(H,21,22,23). The number of halogens is 2. The molecule has 2 aromatic carbocycles. The van der Waals surface area contributed by atoms with Crippen LogP contribution in [0.1, 0.15) is 10.5 Å². The molecule has 0 bridgehead atoms. The summed E-state index contributed by atoms with van der Waals surface area (Å²) in [6, 6.07) is 13.7. The van der Waals surface area contributed by atoms with E-state index in [1.165, 1.54) is 6.33 Å². The van der Waals surface area contributed by atoms with Gasteiger partial charge in [-0.25, -0.2) is 9.97 Å². The van der Waals surface area contributed by atoms with Crippen molar-refractivity contribution in [2.75, 3.05) is 17.7 Å². The molecule has 6 nitrogen and oxygen atoms in total. The molecule has 0 saturated carbocycles. The van der Waals surface area contributed by atoms with Crippen LogP contribution in [0.4, 0.5) is 17.2 Å². The third kappa shape index (κ3) is 4.62. The molecule has 0 aliphatic heterocycles. The van der Waals surface area contributed by atoms with Gasteiger partial charge in [0.15, 0.2) is 0 Å². The highest BCUT2D eigenvalue weighted by atomic mass is 35.5. The Balaban J connectivity index is 1.74. The number of hydrogen-bond acceptors (Lipinski definition) is 5. The molecule has 0 radical (unpaired) electrons. The third-order valence-electron chi connectivity index (χ3n) is 3.38. The van der Waals surface area contributed by atoms with Crippen LogP contribution < -0.4 is 15.4 Å². The van der Waals surface area contributed by atoms with E-state index < -0.39 is 5.91 Å². The smallest absolute Gasteiger partial charge is 0.274 e. The van der Waals surface area contributed by atoms with Crippen molar-refractivity contribution in [3.63, 3.8) is 0 Å². The number of amides is 1. The van der Waals surface area contributed by atoms with Crippen LogP contribution in [0.3, 0.4) is 0 Å². The Morgan fingerprint density at radius 2 is 1.65 bits per heavy atom. The summed E-state index contributed by atoms with van der Waals surface area (Å²) in [6.07, 6.45) is 1.31. The maximum absolute atomic E-state index is 12.4. The number of rotatable bonds is 5. The fraction of sp³-hybridized carbons (Fsp3) is 0.0556. The van der Waals surface area contributed by atoms with Gasteiger partial charge in [-0.3, -0.25) is 4.79 Å². The zero-order valence-corrected chi connectivity index (χ0v) is 15.2. The first-order valence-corrected chi connectivity index (χ1v) is 8.29. The molecule has 0 saturated heterocycles. The number of aromatic nitrogens is 2. The highest BCUT2D eigenvalue weighted by Crippen LogP contribution is 2.23. The number of nitrogens with one attached hydrogen (secondary N) is 2. The Morgan fingerprint density at radius 1 is 0.962 bits per heavy atom. The van der Waals surface area contributed by atoms with Crippen LogP contribution in [0, 0.1) is 0 Å². The Bertz CT molecular complexity index is 912. The molecule has 1 aromatic heterocycles. The van der Waals surface area contributed by atoms with E-state index >= 15 is 0 Å². The second kappa shape index (κ2) is 8.03. The summed E-state index contributed by atoms with van der Waals surface area (Å²) in [4.78, 5) is 20.5. The molecule has 3 aromatic rings. The van der Waals surface area contributed by atoms with Crippen molar-refractivity contribution in [3.8, 4) is 5.75 Å². The van der Waals surface area contributed by atoms with Crippen molar-refractivity contribution in [2.45, 2.75) is 0 Å². The first-order valence-electron chi connectivity index (χ1n) is 7.54. The maximum Gasteiger partial charge on any atom is 0.274 e. The Labute approximate surface area is 160 Å². The van der Waals surface area contributed by atoms with Gasteiger partial charge in [0.25, 0.3) is 5.91 Å². The molecule has 0 aliphatic rings. The number of anilines is 3. The molecule has 3 rings (SSSR count). The molecule has 1 heterocycles. The molecular formula is C18H14Cl2N4O2. The molecule has 132 valence electrons. The normalized spacial score (nSPS) is 10.3. The topological polar surface area (TPSA) is 76.1 Å². The van der Waals surface area contributed by atoms with Crippen LogP contribution in [0.15, 0.2) is 54.9 Å². The molecule has 8 heteroatoms. The number of hydrogen-bond donors (Lipinski definition) is 2. The van der Waals surface area contributed by atoms with Crippen LogP contribution in [0.2, 0.25) is 10.0 Å². The number of carbonyl (C=O) groups excluding carboxylic acids is 1. The molecule has 0 aliphatic carbocycles. The highest BCUT2D eigenvalue weighted by Gasteiger charge is 2.10. The van der Waals surface area contributed by atoms with E-state index in [4.69, 9.17) is 27.9 Å². The lowest BCUT2D eigenvalue weighted by atomic mass is 10.3. The van der Waals surface area contributed by atoms with Crippen molar-refractivity contribution in [1.29, 1.82) is 0 Å². The van der Waals surface area contributed by atoms with Crippen molar-refractivity contribution < 1.29 is 9.53 Å². The molecule has 0 fully saturated rings. The molecule has 0 spiro atoms. The van der Waals surface area contributed by atoms with Gasteiger partial charge in [-0.2, -0.15) is 0 Å². The minimum Gasteiger partial charge on any atom is -0.497 e. The fourth-order valence-electron chi connectivity index (χ4n) is 2.19. The average Bonchev–Trinajstić information content (AvgIpc) is 2.62. The summed E-state index contributed by atoms with van der Waals surface area (Å²) >= 11 is 11.9. The fourth-order valence-corrected chi connectivity index (χ4v) is 2.72. The molecule has 1 amide bonds. The van der Waals surface area contributed by atoms with Crippen molar-refractivity contribution >= 4 is 46.3 Å². The Hall–Kier alpha value is -2.83. The summed E-state index contributed by atoms with van der Waals surface area (Å²) in [5.74, 6) is 0.835. The van der Waals surface area contributed by atoms with Gasteiger partial charge in [-0.1, -0.05) is 23.2 Å². The summed E-state index contributed by atoms with van der Waals surface area (Å²) in [5, 5.41) is 6.66. The van der Waals surface area contributed by atoms with Crippen LogP contribution in [0.5, 0.6) is 5.75 Å². The zero-order valence-electron chi connectivity index (χ0n) is 13.7. The van der Waals surface area contributed by atoms with Crippen molar-refractivity contribution in [3.05, 3.63) is 70.6 Å². The molecule has 2 N–H and O–H groups in total. The Kier molecular flexibility index (Phi) is 5.55. The zero-order chi connectivity index (χ0) is 18.5. The van der Waals surface area contributed by atoms with E-state index in [1.807, 2.05) is 24.3 Å². The minimum absolute atomic E-state index is 0.201. The van der Waals surface area contributed by atoms with Gasteiger partial charge >= 0.3 is 0 Å². The summed E-state index contributed by atoms with van der Waals surface area (Å²) < 4.78 is 5.12. The second-order valence-electron chi connectivity index (χ2n) is 5.25. The van der Waals surface area contributed by atoms with Crippen LogP contribution in [0.25, 0.3) is 0 Å². The number of carbonyl (C=O) groups is 1. The summed E-state index contributed by atoms with van der Waals surface area (Å²) in [7, 11) is 1.60. The van der Waals surface area contributed by atoms with E-state index in [2.05, 4.69) is 20.6 Å². The lowest BCUT2D eigenvalue weighted by molar-refractivity contribution is 0.102. The Morgan fingerprint density at radius 3 is 2.31 bits per heavy atom. The molecule has 0 unspecified atom stereocenters. The first kappa shape index (κ1) is 18.0. The SMILES string of the molecule is COc1ccc(Nc2cc(C(=O)Nc3cc(Cl)cc(Cl)c3)ncn2)cc1. The predicted molar refractivity (Wildman–Crippen MR) is 103 cm³/mol. The lowest BCUT2D eigenvalue weighted by Gasteiger charge is -2.09. The maximum atomic E-state index is 12.4. The number of methoxy groups -OCH3 is 1. The van der Waals surface area contributed by atoms with Gasteiger partial charge in [0.2, 0.25) is 0 Å². The van der Waals surface area contributed by atoms with E-state index in [0.717, 1.165) is 11.4 Å². The van der Waals surface area contributed by atoms with E-state index in [1.54, 1.807) is 31.4 Å². The minimum atomic E-state index is -0.400. The van der Waals surface area contributed by atoms with Crippen molar-refractivity contribution in [1.82, 2.24) is 9.97 Å². The van der Waals surface area contributed by atoms with Gasteiger partial charge in [0, 0.05) is 27.5 Å². The monoisotopic (exact) mass is 388 g/mol. The second-order valence-corrected chi connectivity index (χ2v) is 6.13. The third-order valence-corrected chi connectivity index (χ3v) is 3.82. The quantitative estimate of drug-likeness (QED) is 0.656. The highest BCUT2D eigenvalue weighted by molar-refractivity contribution is 6.35. The summed E-state index contributed by atoms with van der Waals surface area (Å²) in [6.45, 7) is 0. The van der Waals surface area contributed by atoms with Crippen LogP contribution in [-0.4, -0.2) is 23.0 Å². The van der Waals surface area contributed by atoms with Crippen LogP contribution in [-0.2, 0) is 0 Å². The van der Waals surface area contributed by atoms with E-state index in [0.29, 0.717) is 21.6 Å². The lowest BCUT2D eigenvalue weighted by Crippen LogP contribution is -2.14. The van der Waals surface area contributed by atoms with E-state index in [-0.39, 0.29) is 5.69 Å². The number of benzene rings is 2. The predicted octanol–water partition coefficient (Wildman–Crippen LogP) is 4.79. The molecule has 0 atom stereocenters. The van der Waals surface area contributed by atoms with Gasteiger partial charge < -0.3 is 15.4 Å². The molecule has 26 heavy (non-hydrogen) atoms. The van der Waals surface area contributed by atoms with Gasteiger partial charge in [-0.15, -0.1) is 0 Å². The van der Waals surface area contributed by atoms with E-state index in [9.17, 15) is 4.79 Å². The van der Waals surface area contributed by atoms with Gasteiger partial charge in [-0.05, 0) is 42.5 Å². The average molecular weight is 389 g/mol. The molecular weight excluding hydrogens is 375 g/mol. The first-order chi connectivity index (χ1) is 12.5. The van der Waals surface area contributed by atoms with Crippen molar-refractivity contribution in [2.24, 2.45) is 0 Å². The largest absolute Gasteiger partial charge is 0.497 e. The number of ether oxygens (including phenoxy) is 1. The summed E-state index contributed by atoms with van der Waals surface area (Å²) in [5.41, 5.74) is 1.49. The van der Waals surface area contributed by atoms with Gasteiger partial charge in [0.05, 0.1) is 7.11 Å². The number of nitrogens with zero attached hydrogens (tertiary/aromatic N) is 2. The van der Waals surface area contributed by atoms with Crippen LogP contribution >= 0.6 is 23.2 Å². The van der Waals surface area contributed by atoms with Gasteiger partial charge in [0.1, 0.15) is 23.6 Å².